The van der Waals surface area contributed by atoms with Gasteiger partial charge < -0.3 is 20.5 Å². The molecule has 0 radical (unpaired) electrons. The van der Waals surface area contributed by atoms with Gasteiger partial charge in [0.05, 0.1) is 11.5 Å². The zero-order chi connectivity index (χ0) is 24.1. The summed E-state index contributed by atoms with van der Waals surface area (Å²) in [4.78, 5) is 27.0. The average Bonchev–Trinajstić information content (AvgIpc) is 2.72. The Kier molecular flexibility index (Phi) is 9.23. The molecule has 32 heavy (non-hydrogen) atoms. The van der Waals surface area contributed by atoms with E-state index in [4.69, 9.17) is 23.2 Å². The van der Waals surface area contributed by atoms with Crippen molar-refractivity contribution in [1.29, 1.82) is 0 Å². The standard InChI is InChI=1S/C23H35Cl2N3O4/c1-22(2)10-9-18(23(3,4)28(22)32)20(29)26-19(21(30)31)15-16-5-7-17(8-6-16)27(13-11-24)14-12-25/h5-8,18-19,32H,9-15H2,1-4H3,(H,26,29)(H,30,31). The molecule has 1 aliphatic heterocycles. The van der Waals surface area contributed by atoms with Crippen LogP contribution in [-0.2, 0) is 16.0 Å². The number of anilines is 1. The van der Waals surface area contributed by atoms with E-state index >= 15 is 0 Å². The summed E-state index contributed by atoms with van der Waals surface area (Å²) >= 11 is 11.7. The van der Waals surface area contributed by atoms with Crippen molar-refractivity contribution in [2.24, 2.45) is 5.92 Å². The van der Waals surface area contributed by atoms with Crippen LogP contribution in [0, 0.1) is 5.92 Å². The van der Waals surface area contributed by atoms with Gasteiger partial charge in [0, 0.05) is 42.5 Å². The highest BCUT2D eigenvalue weighted by atomic mass is 35.5. The molecule has 0 aromatic heterocycles. The van der Waals surface area contributed by atoms with E-state index in [1.807, 2.05) is 38.1 Å². The fourth-order valence-corrected chi connectivity index (χ4v) is 4.87. The van der Waals surface area contributed by atoms with Crippen LogP contribution in [0.1, 0.15) is 46.1 Å². The number of hydroxylamine groups is 2. The first-order valence-corrected chi connectivity index (χ1v) is 12.0. The number of nitrogens with zero attached hydrogens (tertiary/aromatic N) is 2. The molecule has 1 heterocycles. The number of alkyl halides is 2. The molecule has 2 unspecified atom stereocenters. The number of benzene rings is 1. The molecule has 1 saturated heterocycles. The molecular weight excluding hydrogens is 453 g/mol. The Labute approximate surface area is 200 Å². The smallest absolute Gasteiger partial charge is 0.326 e. The summed E-state index contributed by atoms with van der Waals surface area (Å²) in [6.45, 7) is 8.79. The quantitative estimate of drug-likeness (QED) is 0.435. The third kappa shape index (κ3) is 6.28. The van der Waals surface area contributed by atoms with E-state index in [2.05, 4.69) is 10.2 Å². The molecule has 180 valence electrons. The van der Waals surface area contributed by atoms with E-state index < -0.39 is 29.0 Å². The van der Waals surface area contributed by atoms with Crippen molar-refractivity contribution in [3.05, 3.63) is 29.8 Å². The summed E-state index contributed by atoms with van der Waals surface area (Å²) in [7, 11) is 0. The van der Waals surface area contributed by atoms with Crippen molar-refractivity contribution in [2.75, 3.05) is 29.7 Å². The van der Waals surface area contributed by atoms with E-state index in [0.717, 1.165) is 11.3 Å². The van der Waals surface area contributed by atoms with Crippen LogP contribution in [-0.4, -0.2) is 69.2 Å². The first-order chi connectivity index (χ1) is 14.9. The van der Waals surface area contributed by atoms with Crippen LogP contribution in [0.3, 0.4) is 0 Å². The predicted octanol–water partition coefficient (Wildman–Crippen LogP) is 3.74. The van der Waals surface area contributed by atoms with Crippen LogP contribution in [0.5, 0.6) is 0 Å². The Balaban J connectivity index is 2.10. The second kappa shape index (κ2) is 11.1. The van der Waals surface area contributed by atoms with Crippen LogP contribution in [0.4, 0.5) is 5.69 Å². The van der Waals surface area contributed by atoms with E-state index in [9.17, 15) is 19.9 Å². The number of halogens is 2. The summed E-state index contributed by atoms with van der Waals surface area (Å²) in [6, 6.07) is 6.47. The summed E-state index contributed by atoms with van der Waals surface area (Å²) in [5, 5.41) is 24.3. The molecule has 1 aromatic rings. The van der Waals surface area contributed by atoms with E-state index in [0.29, 0.717) is 37.7 Å². The Morgan fingerprint density at radius 2 is 1.72 bits per heavy atom. The number of amides is 1. The van der Waals surface area contributed by atoms with Gasteiger partial charge in [-0.15, -0.1) is 23.2 Å². The van der Waals surface area contributed by atoms with Gasteiger partial charge >= 0.3 is 5.97 Å². The maximum absolute atomic E-state index is 13.0. The number of carbonyl (C=O) groups is 2. The topological polar surface area (TPSA) is 93.1 Å². The zero-order valence-electron chi connectivity index (χ0n) is 19.3. The lowest BCUT2D eigenvalue weighted by atomic mass is 9.73. The normalized spacial score (nSPS) is 21.0. The number of carbonyl (C=O) groups excluding carboxylic acids is 1. The second-order valence-electron chi connectivity index (χ2n) is 9.50. The maximum atomic E-state index is 13.0. The lowest BCUT2D eigenvalue weighted by molar-refractivity contribution is -0.256. The van der Waals surface area contributed by atoms with Gasteiger partial charge in [-0.2, -0.15) is 5.06 Å². The van der Waals surface area contributed by atoms with Gasteiger partial charge in [0.2, 0.25) is 5.91 Å². The summed E-state index contributed by atoms with van der Waals surface area (Å²) in [6.07, 6.45) is 1.36. The average molecular weight is 488 g/mol. The highest BCUT2D eigenvalue weighted by Gasteiger charge is 2.50. The van der Waals surface area contributed by atoms with E-state index in [1.54, 1.807) is 13.8 Å². The Morgan fingerprint density at radius 1 is 1.16 bits per heavy atom. The zero-order valence-corrected chi connectivity index (χ0v) is 20.8. The fourth-order valence-electron chi connectivity index (χ4n) is 4.46. The number of nitrogens with one attached hydrogen (secondary N) is 1. The van der Waals surface area contributed by atoms with Gasteiger partial charge in [-0.25, -0.2) is 4.79 Å². The monoisotopic (exact) mass is 487 g/mol. The summed E-state index contributed by atoms with van der Waals surface area (Å²) in [5.74, 6) is -1.02. The molecule has 9 heteroatoms. The first kappa shape index (κ1) is 26.7. The highest BCUT2D eigenvalue weighted by molar-refractivity contribution is 6.18. The minimum Gasteiger partial charge on any atom is -0.480 e. The summed E-state index contributed by atoms with van der Waals surface area (Å²) in [5.41, 5.74) is 0.492. The van der Waals surface area contributed by atoms with E-state index in [1.165, 1.54) is 5.06 Å². The highest BCUT2D eigenvalue weighted by Crippen LogP contribution is 2.40. The van der Waals surface area contributed by atoms with Crippen molar-refractivity contribution < 1.29 is 19.9 Å². The fraction of sp³-hybridized carbons (Fsp3) is 0.652. The number of piperidine rings is 1. The Bertz CT molecular complexity index is 780. The lowest BCUT2D eigenvalue weighted by Gasteiger charge is -2.52. The number of aliphatic carboxylic acids is 1. The molecule has 0 bridgehead atoms. The van der Waals surface area contributed by atoms with Crippen LogP contribution >= 0.6 is 23.2 Å². The third-order valence-electron chi connectivity index (χ3n) is 6.40. The van der Waals surface area contributed by atoms with Gasteiger partial charge in [0.25, 0.3) is 0 Å². The van der Waals surface area contributed by atoms with Gasteiger partial charge in [0.1, 0.15) is 6.04 Å². The molecule has 1 amide bonds. The minimum absolute atomic E-state index is 0.161. The summed E-state index contributed by atoms with van der Waals surface area (Å²) < 4.78 is 0. The van der Waals surface area contributed by atoms with Crippen molar-refractivity contribution in [2.45, 2.75) is 64.1 Å². The van der Waals surface area contributed by atoms with Crippen molar-refractivity contribution >= 4 is 40.8 Å². The molecule has 0 aliphatic carbocycles. The maximum Gasteiger partial charge on any atom is 0.326 e. The molecule has 7 nitrogen and oxygen atoms in total. The van der Waals surface area contributed by atoms with Crippen molar-refractivity contribution in [3.8, 4) is 0 Å². The van der Waals surface area contributed by atoms with Gasteiger partial charge in [-0.1, -0.05) is 12.1 Å². The number of rotatable bonds is 10. The number of carboxylic acid groups (broad SMARTS) is 1. The molecule has 3 N–H and O–H groups in total. The third-order valence-corrected chi connectivity index (χ3v) is 6.74. The van der Waals surface area contributed by atoms with Gasteiger partial charge in [-0.05, 0) is 58.2 Å². The number of carboxylic acids is 1. The molecule has 0 spiro atoms. The molecule has 1 fully saturated rings. The Hall–Kier alpha value is -1.54. The lowest BCUT2D eigenvalue weighted by Crippen LogP contribution is -2.64. The van der Waals surface area contributed by atoms with Crippen LogP contribution < -0.4 is 10.2 Å². The number of hydrogen-bond acceptors (Lipinski definition) is 5. The Morgan fingerprint density at radius 3 is 2.22 bits per heavy atom. The molecular formula is C23H35Cl2N3O4. The van der Waals surface area contributed by atoms with Crippen LogP contribution in [0.2, 0.25) is 0 Å². The van der Waals surface area contributed by atoms with Crippen LogP contribution in [0.25, 0.3) is 0 Å². The SMILES string of the molecule is CC1(C)CCC(C(=O)NC(Cc2ccc(N(CCCl)CCCl)cc2)C(=O)O)C(C)(C)N1O. The molecule has 1 aromatic carbocycles. The molecule has 1 aliphatic rings. The number of hydrogen-bond donors (Lipinski definition) is 3. The van der Waals surface area contributed by atoms with Crippen LogP contribution in [0.15, 0.2) is 24.3 Å². The first-order valence-electron chi connectivity index (χ1n) is 10.9. The van der Waals surface area contributed by atoms with Gasteiger partial charge in [0.15, 0.2) is 0 Å². The molecule has 2 atom stereocenters. The van der Waals surface area contributed by atoms with E-state index in [-0.39, 0.29) is 12.3 Å². The molecule has 0 saturated carbocycles. The predicted molar refractivity (Wildman–Crippen MR) is 128 cm³/mol. The molecule has 2 rings (SSSR count). The van der Waals surface area contributed by atoms with Crippen molar-refractivity contribution in [1.82, 2.24) is 10.4 Å². The van der Waals surface area contributed by atoms with Crippen molar-refractivity contribution in [3.63, 3.8) is 0 Å². The second-order valence-corrected chi connectivity index (χ2v) is 10.3. The minimum atomic E-state index is -1.09. The largest absolute Gasteiger partial charge is 0.480 e. The van der Waals surface area contributed by atoms with Gasteiger partial charge in [-0.3, -0.25) is 4.79 Å².